The van der Waals surface area contributed by atoms with Gasteiger partial charge in [0, 0.05) is 31.0 Å². The maximum Gasteiger partial charge on any atom is 0.262 e. The molecule has 0 saturated heterocycles. The van der Waals surface area contributed by atoms with Crippen molar-refractivity contribution in [3.05, 3.63) is 62.9 Å². The van der Waals surface area contributed by atoms with E-state index in [1.54, 1.807) is 29.9 Å². The molecule has 164 valence electrons. The molecule has 3 aromatic rings. The second-order valence-electron chi connectivity index (χ2n) is 7.16. The van der Waals surface area contributed by atoms with Crippen LogP contribution in [0.3, 0.4) is 0 Å². The highest BCUT2D eigenvalue weighted by Crippen LogP contribution is 2.23. The third-order valence-corrected chi connectivity index (χ3v) is 6.16. The first-order chi connectivity index (χ1) is 14.9. The zero-order valence-electron chi connectivity index (χ0n) is 17.9. The summed E-state index contributed by atoms with van der Waals surface area (Å²) >= 11 is 7.33. The number of ether oxygens (including phenoxy) is 1. The Balaban J connectivity index is 1.85. The molecule has 0 aliphatic heterocycles. The first-order valence-electron chi connectivity index (χ1n) is 10.1. The lowest BCUT2D eigenvalue weighted by atomic mass is 10.1. The SMILES string of the molecule is CCc1cccc(C)c1NC(=O)CSc1nc2cc(Cl)ccc2c(=O)n1CCCOC. The molecule has 0 aliphatic rings. The lowest BCUT2D eigenvalue weighted by Gasteiger charge is -2.15. The van der Waals surface area contributed by atoms with Gasteiger partial charge >= 0.3 is 0 Å². The van der Waals surface area contributed by atoms with E-state index in [1.807, 2.05) is 25.1 Å². The maximum absolute atomic E-state index is 13.0. The fourth-order valence-electron chi connectivity index (χ4n) is 3.36. The molecule has 0 bridgehead atoms. The van der Waals surface area contributed by atoms with E-state index in [0.717, 1.165) is 23.2 Å². The van der Waals surface area contributed by atoms with Gasteiger partial charge in [0.25, 0.3) is 5.56 Å². The van der Waals surface area contributed by atoms with Crippen LogP contribution in [0.15, 0.2) is 46.3 Å². The van der Waals surface area contributed by atoms with Gasteiger partial charge in [0.15, 0.2) is 5.16 Å². The van der Waals surface area contributed by atoms with Gasteiger partial charge in [-0.3, -0.25) is 14.2 Å². The van der Waals surface area contributed by atoms with E-state index in [0.29, 0.717) is 40.7 Å². The Morgan fingerprint density at radius 3 is 2.84 bits per heavy atom. The van der Waals surface area contributed by atoms with E-state index in [2.05, 4.69) is 17.2 Å². The van der Waals surface area contributed by atoms with Gasteiger partial charge in [-0.1, -0.05) is 48.5 Å². The van der Waals surface area contributed by atoms with Crippen molar-refractivity contribution < 1.29 is 9.53 Å². The summed E-state index contributed by atoms with van der Waals surface area (Å²) in [5.74, 6) is -0.00169. The summed E-state index contributed by atoms with van der Waals surface area (Å²) < 4.78 is 6.73. The van der Waals surface area contributed by atoms with Crippen LogP contribution in [-0.4, -0.2) is 34.9 Å². The van der Waals surface area contributed by atoms with E-state index in [4.69, 9.17) is 16.3 Å². The van der Waals surface area contributed by atoms with Crippen molar-refractivity contribution >= 4 is 45.9 Å². The molecule has 31 heavy (non-hydrogen) atoms. The van der Waals surface area contributed by atoms with Gasteiger partial charge in [0.05, 0.1) is 16.7 Å². The zero-order chi connectivity index (χ0) is 22.4. The first-order valence-corrected chi connectivity index (χ1v) is 11.5. The van der Waals surface area contributed by atoms with Crippen molar-refractivity contribution in [2.24, 2.45) is 0 Å². The standard InChI is InChI=1S/C23H26ClN3O3S/c1-4-16-8-5-7-15(2)21(16)26-20(28)14-31-23-25-19-13-17(24)9-10-18(19)22(29)27(23)11-6-12-30-3/h5,7-10,13H,4,6,11-12,14H2,1-3H3,(H,26,28). The number of hydrogen-bond acceptors (Lipinski definition) is 5. The van der Waals surface area contributed by atoms with Crippen LogP contribution in [-0.2, 0) is 22.5 Å². The number of aryl methyl sites for hydroxylation is 2. The van der Waals surface area contributed by atoms with Crippen molar-refractivity contribution in [3.63, 3.8) is 0 Å². The van der Waals surface area contributed by atoms with E-state index in [-0.39, 0.29) is 17.2 Å². The number of aromatic nitrogens is 2. The minimum atomic E-state index is -0.146. The molecule has 0 spiro atoms. The number of nitrogens with one attached hydrogen (secondary N) is 1. The average molecular weight is 460 g/mol. The number of thioether (sulfide) groups is 1. The second-order valence-corrected chi connectivity index (χ2v) is 8.54. The molecule has 0 fully saturated rings. The van der Waals surface area contributed by atoms with Gasteiger partial charge < -0.3 is 10.1 Å². The molecule has 0 radical (unpaired) electrons. The smallest absolute Gasteiger partial charge is 0.262 e. The number of anilines is 1. The number of carbonyl (C=O) groups excluding carboxylic acids is 1. The molecule has 1 amide bonds. The van der Waals surface area contributed by atoms with Gasteiger partial charge in [-0.05, 0) is 49.1 Å². The van der Waals surface area contributed by atoms with Crippen LogP contribution < -0.4 is 10.9 Å². The molecular formula is C23H26ClN3O3S. The summed E-state index contributed by atoms with van der Waals surface area (Å²) in [7, 11) is 1.62. The van der Waals surface area contributed by atoms with Crippen LogP contribution in [0.4, 0.5) is 5.69 Å². The van der Waals surface area contributed by atoms with Crippen LogP contribution in [0.5, 0.6) is 0 Å². The Bertz CT molecular complexity index is 1150. The third-order valence-electron chi connectivity index (χ3n) is 4.95. The van der Waals surface area contributed by atoms with Crippen LogP contribution in [0, 0.1) is 6.92 Å². The van der Waals surface area contributed by atoms with Gasteiger partial charge in [0.1, 0.15) is 0 Å². The Kier molecular flexibility index (Phi) is 8.12. The van der Waals surface area contributed by atoms with E-state index in [1.165, 1.54) is 11.8 Å². The number of nitrogens with zero attached hydrogens (tertiary/aromatic N) is 2. The predicted molar refractivity (Wildman–Crippen MR) is 127 cm³/mol. The molecule has 0 saturated carbocycles. The van der Waals surface area contributed by atoms with Crippen LogP contribution >= 0.6 is 23.4 Å². The van der Waals surface area contributed by atoms with Crippen LogP contribution in [0.2, 0.25) is 5.02 Å². The van der Waals surface area contributed by atoms with Crippen molar-refractivity contribution in [3.8, 4) is 0 Å². The number of rotatable bonds is 9. The van der Waals surface area contributed by atoms with Gasteiger partial charge in [0.2, 0.25) is 5.91 Å². The van der Waals surface area contributed by atoms with Crippen molar-refractivity contribution in [1.82, 2.24) is 9.55 Å². The normalized spacial score (nSPS) is 11.1. The zero-order valence-corrected chi connectivity index (χ0v) is 19.5. The summed E-state index contributed by atoms with van der Waals surface area (Å²) in [5, 5.41) is 4.52. The summed E-state index contributed by atoms with van der Waals surface area (Å²) in [6.07, 6.45) is 1.50. The molecule has 1 heterocycles. The lowest BCUT2D eigenvalue weighted by molar-refractivity contribution is -0.113. The minimum absolute atomic E-state index is 0.139. The molecule has 6 nitrogen and oxygen atoms in total. The lowest BCUT2D eigenvalue weighted by Crippen LogP contribution is -2.25. The Morgan fingerprint density at radius 1 is 1.29 bits per heavy atom. The second kappa shape index (κ2) is 10.8. The Morgan fingerprint density at radius 2 is 2.10 bits per heavy atom. The monoisotopic (exact) mass is 459 g/mol. The summed E-state index contributed by atoms with van der Waals surface area (Å²) in [6, 6.07) is 11.0. The summed E-state index contributed by atoms with van der Waals surface area (Å²) in [6.45, 7) is 5.02. The molecule has 0 atom stereocenters. The number of benzene rings is 2. The fraction of sp³-hybridized carbons (Fsp3) is 0.348. The highest BCUT2D eigenvalue weighted by atomic mass is 35.5. The number of halogens is 1. The molecule has 2 aromatic carbocycles. The van der Waals surface area contributed by atoms with Gasteiger partial charge in [-0.2, -0.15) is 0 Å². The number of hydrogen-bond donors (Lipinski definition) is 1. The molecule has 3 rings (SSSR count). The number of para-hydroxylation sites is 1. The predicted octanol–water partition coefficient (Wildman–Crippen LogP) is 4.69. The van der Waals surface area contributed by atoms with Crippen LogP contribution in [0.1, 0.15) is 24.5 Å². The van der Waals surface area contributed by atoms with Gasteiger partial charge in [-0.25, -0.2) is 4.98 Å². The minimum Gasteiger partial charge on any atom is -0.385 e. The number of carbonyl (C=O) groups is 1. The van der Waals surface area contributed by atoms with Crippen molar-refractivity contribution in [2.45, 2.75) is 38.4 Å². The number of fused-ring (bicyclic) bond motifs is 1. The van der Waals surface area contributed by atoms with Crippen LogP contribution in [0.25, 0.3) is 10.9 Å². The van der Waals surface area contributed by atoms with E-state index < -0.39 is 0 Å². The van der Waals surface area contributed by atoms with E-state index in [9.17, 15) is 9.59 Å². The largest absolute Gasteiger partial charge is 0.385 e. The van der Waals surface area contributed by atoms with Crippen molar-refractivity contribution in [2.75, 3.05) is 24.8 Å². The quantitative estimate of drug-likeness (QED) is 0.285. The maximum atomic E-state index is 13.0. The number of methoxy groups -OCH3 is 1. The van der Waals surface area contributed by atoms with E-state index >= 15 is 0 Å². The molecule has 8 heteroatoms. The highest BCUT2D eigenvalue weighted by molar-refractivity contribution is 7.99. The Hall–Kier alpha value is -2.35. The van der Waals surface area contributed by atoms with Crippen molar-refractivity contribution in [1.29, 1.82) is 0 Å². The molecule has 0 aliphatic carbocycles. The summed E-state index contributed by atoms with van der Waals surface area (Å²) in [4.78, 5) is 30.4. The van der Waals surface area contributed by atoms with Gasteiger partial charge in [-0.15, -0.1) is 0 Å². The topological polar surface area (TPSA) is 73.2 Å². The molecule has 1 N–H and O–H groups in total. The Labute approximate surface area is 191 Å². The highest BCUT2D eigenvalue weighted by Gasteiger charge is 2.15. The first kappa shape index (κ1) is 23.3. The number of amides is 1. The molecule has 0 unspecified atom stereocenters. The third kappa shape index (κ3) is 5.67. The summed E-state index contributed by atoms with van der Waals surface area (Å²) in [5.41, 5.74) is 3.34. The molecule has 1 aromatic heterocycles. The molecular weight excluding hydrogens is 434 g/mol. The fourth-order valence-corrected chi connectivity index (χ4v) is 4.35. The average Bonchev–Trinajstić information content (AvgIpc) is 2.75.